The fourth-order valence-corrected chi connectivity index (χ4v) is 4.98. The van der Waals surface area contributed by atoms with Gasteiger partial charge in [-0.25, -0.2) is 4.68 Å². The second kappa shape index (κ2) is 8.44. The highest BCUT2D eigenvalue weighted by atomic mass is 35.5. The summed E-state index contributed by atoms with van der Waals surface area (Å²) < 4.78 is 1.77. The van der Waals surface area contributed by atoms with Crippen molar-refractivity contribution >= 4 is 34.8 Å². The van der Waals surface area contributed by atoms with E-state index in [0.29, 0.717) is 28.5 Å². The number of halogens is 1. The summed E-state index contributed by atoms with van der Waals surface area (Å²) in [5.41, 5.74) is 4.73. The highest BCUT2D eigenvalue weighted by molar-refractivity contribution is 6.30. The Hall–Kier alpha value is -3.38. The summed E-state index contributed by atoms with van der Waals surface area (Å²) in [6.45, 7) is 6.31. The molecule has 34 heavy (non-hydrogen) atoms. The van der Waals surface area contributed by atoms with Crippen molar-refractivity contribution in [3.05, 3.63) is 87.7 Å². The molecule has 1 atom stereocenters. The second-order valence-electron chi connectivity index (χ2n) is 9.77. The lowest BCUT2D eigenvalue weighted by Crippen LogP contribution is -2.37. The molecule has 6 nitrogen and oxygen atoms in total. The molecule has 1 amide bonds. The Bertz CT molecular complexity index is 1300. The highest BCUT2D eigenvalue weighted by Crippen LogP contribution is 2.46. The van der Waals surface area contributed by atoms with E-state index >= 15 is 0 Å². The number of nitrogens with zero attached hydrogens (tertiary/aromatic N) is 2. The number of allylic oxidation sites excluding steroid dienone is 2. The van der Waals surface area contributed by atoms with Crippen LogP contribution in [-0.4, -0.2) is 21.5 Å². The summed E-state index contributed by atoms with van der Waals surface area (Å²) in [5, 5.41) is 11.5. The van der Waals surface area contributed by atoms with Gasteiger partial charge < -0.3 is 10.6 Å². The molecule has 1 aromatic heterocycles. The molecule has 0 saturated heterocycles. The summed E-state index contributed by atoms with van der Waals surface area (Å²) in [6, 6.07) is 14.9. The van der Waals surface area contributed by atoms with Crippen molar-refractivity contribution in [2.24, 2.45) is 5.41 Å². The van der Waals surface area contributed by atoms with Crippen LogP contribution in [0.2, 0.25) is 5.02 Å². The predicted molar refractivity (Wildman–Crippen MR) is 134 cm³/mol. The lowest BCUT2D eigenvalue weighted by Gasteiger charge is -2.39. The summed E-state index contributed by atoms with van der Waals surface area (Å²) in [6.07, 6.45) is 3.71. The Morgan fingerprint density at radius 1 is 1.15 bits per heavy atom. The Balaban J connectivity index is 1.58. The summed E-state index contributed by atoms with van der Waals surface area (Å²) in [7, 11) is 0. The highest BCUT2D eigenvalue weighted by Gasteiger charge is 2.42. The molecule has 5 rings (SSSR count). The number of Topliss-reactive ketones (excluding diaryl/α,β-unsaturated/α-hetero) is 1. The van der Waals surface area contributed by atoms with E-state index in [0.717, 1.165) is 29.7 Å². The maximum Gasteiger partial charge on any atom is 0.261 e. The van der Waals surface area contributed by atoms with E-state index in [1.54, 1.807) is 35.1 Å². The van der Waals surface area contributed by atoms with Gasteiger partial charge in [0.2, 0.25) is 0 Å². The minimum Gasteiger partial charge on any atom is -0.343 e. The van der Waals surface area contributed by atoms with Gasteiger partial charge in [-0.15, -0.1) is 0 Å². The monoisotopic (exact) mass is 474 g/mol. The van der Waals surface area contributed by atoms with Crippen LogP contribution in [0.1, 0.15) is 61.1 Å². The maximum atomic E-state index is 13.3. The number of carbonyl (C=O) groups is 2. The number of aryl methyl sites for hydroxylation is 1. The van der Waals surface area contributed by atoms with Crippen molar-refractivity contribution < 1.29 is 9.59 Å². The van der Waals surface area contributed by atoms with E-state index in [4.69, 9.17) is 11.6 Å². The van der Waals surface area contributed by atoms with Crippen LogP contribution in [0.3, 0.4) is 0 Å². The van der Waals surface area contributed by atoms with Crippen LogP contribution in [0, 0.1) is 5.41 Å². The Morgan fingerprint density at radius 3 is 2.53 bits per heavy atom. The van der Waals surface area contributed by atoms with Crippen molar-refractivity contribution in [2.45, 2.75) is 46.1 Å². The molecule has 3 aromatic rings. The average molecular weight is 475 g/mol. The zero-order chi connectivity index (χ0) is 24.0. The Kier molecular flexibility index (Phi) is 5.56. The number of rotatable bonds is 4. The minimum atomic E-state index is -0.377. The molecule has 1 aliphatic carbocycles. The number of aromatic nitrogens is 2. The first-order valence-electron chi connectivity index (χ1n) is 11.5. The SMILES string of the molecule is CCc1ccc([C@@H]2C3=C(CC(C)(C)CC3=O)Nc3c(C(=O)Nc4ccc(Cl)cc4)cnn32)cc1. The lowest BCUT2D eigenvalue weighted by molar-refractivity contribution is -0.118. The number of nitrogens with one attached hydrogen (secondary N) is 2. The number of hydrogen-bond acceptors (Lipinski definition) is 4. The van der Waals surface area contributed by atoms with Gasteiger partial charge in [0.05, 0.1) is 6.20 Å². The van der Waals surface area contributed by atoms with Gasteiger partial charge in [-0.1, -0.05) is 56.6 Å². The number of benzene rings is 2. The van der Waals surface area contributed by atoms with Gasteiger partial charge >= 0.3 is 0 Å². The number of fused-ring (bicyclic) bond motifs is 1. The number of hydrogen-bond donors (Lipinski definition) is 2. The van der Waals surface area contributed by atoms with Crippen molar-refractivity contribution in [2.75, 3.05) is 10.6 Å². The van der Waals surface area contributed by atoms with Gasteiger partial charge in [-0.2, -0.15) is 5.10 Å². The molecule has 2 N–H and O–H groups in total. The fraction of sp³-hybridized carbons (Fsp3) is 0.296. The van der Waals surface area contributed by atoms with Crippen molar-refractivity contribution in [3.8, 4) is 0 Å². The van der Waals surface area contributed by atoms with E-state index < -0.39 is 0 Å². The molecule has 2 aromatic carbocycles. The third-order valence-electron chi connectivity index (χ3n) is 6.55. The maximum absolute atomic E-state index is 13.3. The summed E-state index contributed by atoms with van der Waals surface area (Å²) in [5.74, 6) is 0.443. The largest absolute Gasteiger partial charge is 0.343 e. The first-order valence-corrected chi connectivity index (χ1v) is 11.9. The van der Waals surface area contributed by atoms with Crippen LogP contribution in [0.4, 0.5) is 11.5 Å². The molecule has 0 spiro atoms. The molecule has 0 saturated carbocycles. The van der Waals surface area contributed by atoms with Crippen LogP contribution < -0.4 is 10.6 Å². The van der Waals surface area contributed by atoms with Crippen LogP contribution >= 0.6 is 11.6 Å². The van der Waals surface area contributed by atoms with Gasteiger partial charge in [-0.3, -0.25) is 9.59 Å². The Labute approximate surface area is 204 Å². The van der Waals surface area contributed by atoms with E-state index in [2.05, 4.69) is 60.8 Å². The lowest BCUT2D eigenvalue weighted by atomic mass is 9.73. The van der Waals surface area contributed by atoms with Gasteiger partial charge in [0.15, 0.2) is 5.78 Å². The van der Waals surface area contributed by atoms with Gasteiger partial charge in [0, 0.05) is 28.4 Å². The van der Waals surface area contributed by atoms with E-state index in [-0.39, 0.29) is 23.1 Å². The number of anilines is 2. The van der Waals surface area contributed by atoms with Crippen LogP contribution in [0.5, 0.6) is 0 Å². The van der Waals surface area contributed by atoms with Crippen molar-refractivity contribution in [1.29, 1.82) is 0 Å². The topological polar surface area (TPSA) is 76.0 Å². The summed E-state index contributed by atoms with van der Waals surface area (Å²) in [4.78, 5) is 26.5. The molecule has 174 valence electrons. The van der Waals surface area contributed by atoms with Crippen molar-refractivity contribution in [1.82, 2.24) is 9.78 Å². The predicted octanol–water partition coefficient (Wildman–Crippen LogP) is 6.01. The molecular formula is C27H27ClN4O2. The third-order valence-corrected chi connectivity index (χ3v) is 6.81. The first kappa shape index (κ1) is 22.4. The zero-order valence-corrected chi connectivity index (χ0v) is 20.2. The smallest absolute Gasteiger partial charge is 0.261 e. The molecular weight excluding hydrogens is 448 g/mol. The molecule has 2 heterocycles. The van der Waals surface area contributed by atoms with E-state index in [1.165, 1.54) is 5.56 Å². The minimum absolute atomic E-state index is 0.122. The first-order chi connectivity index (χ1) is 16.3. The molecule has 7 heteroatoms. The molecule has 0 bridgehead atoms. The van der Waals surface area contributed by atoms with E-state index in [1.807, 2.05) is 0 Å². The number of amides is 1. The number of ketones is 1. The molecule has 2 aliphatic rings. The fourth-order valence-electron chi connectivity index (χ4n) is 4.85. The molecule has 1 aliphatic heterocycles. The van der Waals surface area contributed by atoms with Crippen LogP contribution in [-0.2, 0) is 11.2 Å². The normalized spacial score (nSPS) is 18.7. The average Bonchev–Trinajstić information content (AvgIpc) is 3.22. The third kappa shape index (κ3) is 4.03. The van der Waals surface area contributed by atoms with E-state index in [9.17, 15) is 9.59 Å². The quantitative estimate of drug-likeness (QED) is 0.485. The zero-order valence-electron chi connectivity index (χ0n) is 19.5. The Morgan fingerprint density at radius 2 is 1.85 bits per heavy atom. The molecule has 0 radical (unpaired) electrons. The van der Waals surface area contributed by atoms with Crippen LogP contribution in [0.15, 0.2) is 66.0 Å². The molecule has 0 fully saturated rings. The standard InChI is InChI=1S/C27H27ClN4O2/c1-4-16-5-7-17(8-6-16)24-23-21(13-27(2,3)14-22(23)33)31-25-20(15-29-32(24)25)26(34)30-19-11-9-18(28)10-12-19/h5-12,15,24,31H,4,13-14H2,1-3H3,(H,30,34)/t24-/m1/s1. The second-order valence-corrected chi connectivity index (χ2v) is 10.2. The molecule has 0 unspecified atom stereocenters. The number of carbonyl (C=O) groups excluding carboxylic acids is 2. The summed E-state index contributed by atoms with van der Waals surface area (Å²) >= 11 is 5.97. The van der Waals surface area contributed by atoms with Crippen LogP contribution in [0.25, 0.3) is 0 Å². The van der Waals surface area contributed by atoms with Crippen molar-refractivity contribution in [3.63, 3.8) is 0 Å². The van der Waals surface area contributed by atoms with Gasteiger partial charge in [0.25, 0.3) is 5.91 Å². The van der Waals surface area contributed by atoms with Gasteiger partial charge in [0.1, 0.15) is 17.4 Å². The van der Waals surface area contributed by atoms with Gasteiger partial charge in [-0.05, 0) is 53.6 Å².